The lowest BCUT2D eigenvalue weighted by Gasteiger charge is -2.09. The zero-order valence-electron chi connectivity index (χ0n) is 6.73. The maximum absolute atomic E-state index is 12.4. The smallest absolute Gasteiger partial charge is 0.166 e. The van der Waals surface area contributed by atoms with Crippen molar-refractivity contribution < 1.29 is 13.2 Å². The van der Waals surface area contributed by atoms with Crippen molar-refractivity contribution in [3.8, 4) is 0 Å². The van der Waals surface area contributed by atoms with Gasteiger partial charge in [-0.2, -0.15) is 13.2 Å². The second-order valence-electron chi connectivity index (χ2n) is 2.98. The monoisotopic (exact) mass is 184 g/mol. The van der Waals surface area contributed by atoms with Crippen molar-refractivity contribution >= 4 is 5.57 Å². The summed E-state index contributed by atoms with van der Waals surface area (Å²) in [6.07, 6.45) is -1.75. The first-order chi connectivity index (χ1) is 6.09. The number of alkyl halides is 3. The van der Waals surface area contributed by atoms with E-state index in [1.807, 2.05) is 0 Å². The minimum Gasteiger partial charge on any atom is -0.166 e. The van der Waals surface area contributed by atoms with Gasteiger partial charge in [-0.3, -0.25) is 0 Å². The van der Waals surface area contributed by atoms with Crippen LogP contribution in [0.1, 0.15) is 17.5 Å². The molecule has 0 aliphatic heterocycles. The third-order valence-corrected chi connectivity index (χ3v) is 1.99. The summed E-state index contributed by atoms with van der Waals surface area (Å²) in [5.41, 5.74) is 0.599. The van der Waals surface area contributed by atoms with E-state index in [4.69, 9.17) is 0 Å². The van der Waals surface area contributed by atoms with E-state index in [1.165, 1.54) is 12.1 Å². The number of allylic oxidation sites excluding steroid dienone is 2. The molecule has 0 unspecified atom stereocenters. The minimum atomic E-state index is -4.24. The Morgan fingerprint density at radius 3 is 2.23 bits per heavy atom. The number of rotatable bonds is 1. The second-order valence-corrected chi connectivity index (χ2v) is 2.98. The van der Waals surface area contributed by atoms with Gasteiger partial charge in [0.1, 0.15) is 0 Å². The van der Waals surface area contributed by atoms with Gasteiger partial charge >= 0.3 is 6.18 Å². The fraction of sp³-hybridized carbons (Fsp3) is 0.200. The highest BCUT2D eigenvalue weighted by atomic mass is 19.4. The van der Waals surface area contributed by atoms with Crippen LogP contribution in [0.2, 0.25) is 0 Å². The van der Waals surface area contributed by atoms with Crippen LogP contribution in [-0.4, -0.2) is 0 Å². The molecule has 0 fully saturated rings. The van der Waals surface area contributed by atoms with Crippen molar-refractivity contribution in [2.45, 2.75) is 12.6 Å². The minimum absolute atomic E-state index is 0.329. The predicted molar refractivity (Wildman–Crippen MR) is 44.0 cm³/mol. The molecule has 0 spiro atoms. The van der Waals surface area contributed by atoms with Gasteiger partial charge in [0, 0.05) is 0 Å². The van der Waals surface area contributed by atoms with Crippen molar-refractivity contribution in [1.82, 2.24) is 0 Å². The summed E-state index contributed by atoms with van der Waals surface area (Å²) in [5, 5.41) is 0. The van der Waals surface area contributed by atoms with Crippen LogP contribution in [0.5, 0.6) is 0 Å². The molecule has 0 bridgehead atoms. The first-order valence-corrected chi connectivity index (χ1v) is 3.94. The molecule has 2 rings (SSSR count). The fourth-order valence-electron chi connectivity index (χ4n) is 1.28. The van der Waals surface area contributed by atoms with Crippen LogP contribution in [0.3, 0.4) is 0 Å². The Bertz CT molecular complexity index is 361. The van der Waals surface area contributed by atoms with Gasteiger partial charge < -0.3 is 0 Å². The van der Waals surface area contributed by atoms with Crippen molar-refractivity contribution in [1.29, 1.82) is 0 Å². The lowest BCUT2D eigenvalue weighted by molar-refractivity contribution is -0.137. The molecule has 1 aliphatic carbocycles. The Balaban J connectivity index is 2.49. The van der Waals surface area contributed by atoms with Crippen LogP contribution < -0.4 is 0 Å². The summed E-state index contributed by atoms with van der Waals surface area (Å²) in [6, 6.07) is 5.68. The number of hydrogen-bond donors (Lipinski definition) is 0. The van der Waals surface area contributed by atoms with E-state index in [0.717, 1.165) is 11.6 Å². The molecule has 0 radical (unpaired) electrons. The molecular formula is C10H7F3. The van der Waals surface area contributed by atoms with Gasteiger partial charge in [-0.1, -0.05) is 24.3 Å². The Morgan fingerprint density at radius 2 is 1.69 bits per heavy atom. The quantitative estimate of drug-likeness (QED) is 0.626. The maximum atomic E-state index is 12.4. The van der Waals surface area contributed by atoms with Crippen molar-refractivity contribution in [3.05, 3.63) is 41.5 Å². The molecule has 1 aromatic rings. The molecule has 0 N–H and O–H groups in total. The van der Waals surface area contributed by atoms with Crippen LogP contribution in [-0.2, 0) is 6.18 Å². The second kappa shape index (κ2) is 2.62. The Labute approximate surface area is 73.7 Å². The third kappa shape index (κ3) is 1.59. The van der Waals surface area contributed by atoms with E-state index in [2.05, 4.69) is 0 Å². The van der Waals surface area contributed by atoms with Crippen LogP contribution >= 0.6 is 0 Å². The lowest BCUT2D eigenvalue weighted by atomic mass is 10.1. The highest BCUT2D eigenvalue weighted by Gasteiger charge is 2.34. The highest BCUT2D eigenvalue weighted by molar-refractivity contribution is 5.79. The molecule has 0 atom stereocenters. The standard InChI is InChI=1S/C10H7F3/c11-10(12,13)9-4-2-1-3-8(9)7-5-6-7/h1-5H,6H2. The zero-order chi connectivity index (χ0) is 9.47. The average Bonchev–Trinajstić information content (AvgIpc) is 2.85. The molecule has 13 heavy (non-hydrogen) atoms. The zero-order valence-corrected chi connectivity index (χ0v) is 6.73. The first-order valence-electron chi connectivity index (χ1n) is 3.94. The van der Waals surface area contributed by atoms with E-state index in [-0.39, 0.29) is 0 Å². The van der Waals surface area contributed by atoms with Gasteiger partial charge in [-0.05, 0) is 23.6 Å². The van der Waals surface area contributed by atoms with Crippen molar-refractivity contribution in [3.63, 3.8) is 0 Å². The van der Waals surface area contributed by atoms with E-state index in [1.54, 1.807) is 12.1 Å². The topological polar surface area (TPSA) is 0 Å². The summed E-state index contributed by atoms with van der Waals surface area (Å²) in [6.45, 7) is 0. The lowest BCUT2D eigenvalue weighted by Crippen LogP contribution is -2.07. The largest absolute Gasteiger partial charge is 0.416 e. The molecule has 0 amide bonds. The summed E-state index contributed by atoms with van der Waals surface area (Å²) in [4.78, 5) is 0. The van der Waals surface area contributed by atoms with Crippen LogP contribution in [0.4, 0.5) is 13.2 Å². The SMILES string of the molecule is FC(F)(F)c1ccccc1C1=CC1. The van der Waals surface area contributed by atoms with Crippen LogP contribution in [0, 0.1) is 0 Å². The molecule has 0 heterocycles. The highest BCUT2D eigenvalue weighted by Crippen LogP contribution is 2.40. The third-order valence-electron chi connectivity index (χ3n) is 1.99. The molecule has 68 valence electrons. The van der Waals surface area contributed by atoms with E-state index < -0.39 is 11.7 Å². The fourth-order valence-corrected chi connectivity index (χ4v) is 1.28. The van der Waals surface area contributed by atoms with Gasteiger partial charge in [0.25, 0.3) is 0 Å². The van der Waals surface area contributed by atoms with E-state index >= 15 is 0 Å². The van der Waals surface area contributed by atoms with Gasteiger partial charge in [-0.15, -0.1) is 0 Å². The number of hydrogen-bond acceptors (Lipinski definition) is 0. The van der Waals surface area contributed by atoms with Crippen LogP contribution in [0.25, 0.3) is 5.57 Å². The van der Waals surface area contributed by atoms with Crippen molar-refractivity contribution in [2.24, 2.45) is 0 Å². The molecule has 1 aliphatic rings. The van der Waals surface area contributed by atoms with Gasteiger partial charge in [0.05, 0.1) is 5.56 Å². The number of benzene rings is 1. The van der Waals surface area contributed by atoms with E-state index in [0.29, 0.717) is 12.0 Å². The predicted octanol–water partition coefficient (Wildman–Crippen LogP) is 3.49. The Hall–Kier alpha value is -1.25. The van der Waals surface area contributed by atoms with Crippen molar-refractivity contribution in [2.75, 3.05) is 0 Å². The molecular weight excluding hydrogens is 177 g/mol. The maximum Gasteiger partial charge on any atom is 0.416 e. The van der Waals surface area contributed by atoms with Gasteiger partial charge in [0.15, 0.2) is 0 Å². The summed E-state index contributed by atoms with van der Waals surface area (Å²) in [7, 11) is 0. The van der Waals surface area contributed by atoms with Gasteiger partial charge in [0.2, 0.25) is 0 Å². The molecule has 3 heteroatoms. The molecule has 0 nitrogen and oxygen atoms in total. The first kappa shape index (κ1) is 8.35. The normalized spacial score (nSPS) is 15.5. The molecule has 0 saturated carbocycles. The molecule has 0 saturated heterocycles. The summed E-state index contributed by atoms with van der Waals surface area (Å²) >= 11 is 0. The Morgan fingerprint density at radius 1 is 1.08 bits per heavy atom. The molecule has 1 aromatic carbocycles. The average molecular weight is 184 g/mol. The van der Waals surface area contributed by atoms with E-state index in [9.17, 15) is 13.2 Å². The summed E-state index contributed by atoms with van der Waals surface area (Å²) in [5.74, 6) is 0. The number of halogens is 3. The van der Waals surface area contributed by atoms with Gasteiger partial charge in [-0.25, -0.2) is 0 Å². The Kier molecular flexibility index (Phi) is 1.68. The molecule has 0 aromatic heterocycles. The van der Waals surface area contributed by atoms with Crippen LogP contribution in [0.15, 0.2) is 30.3 Å². The summed E-state index contributed by atoms with van der Waals surface area (Å²) < 4.78 is 37.2.